The van der Waals surface area contributed by atoms with Crippen LogP contribution in [0, 0.1) is 11.8 Å². The van der Waals surface area contributed by atoms with Crippen molar-refractivity contribution in [3.63, 3.8) is 0 Å². The van der Waals surface area contributed by atoms with Gasteiger partial charge in [0.15, 0.2) is 0 Å². The summed E-state index contributed by atoms with van der Waals surface area (Å²) < 4.78 is 7.40. The fraction of sp³-hybridized carbons (Fsp3) is 0.636. The highest BCUT2D eigenvalue weighted by Gasteiger charge is 2.35. The fourth-order valence-corrected chi connectivity index (χ4v) is 5.64. The molecule has 0 saturated carbocycles. The van der Waals surface area contributed by atoms with Gasteiger partial charge in [-0.1, -0.05) is 52.3 Å². The number of likely N-dealkylation sites (tertiary alicyclic amines) is 1. The zero-order valence-corrected chi connectivity index (χ0v) is 29.4. The first-order valence-electron chi connectivity index (χ1n) is 15.0. The fourth-order valence-electron chi connectivity index (χ4n) is 4.80. The van der Waals surface area contributed by atoms with Crippen molar-refractivity contribution in [3.05, 3.63) is 46.7 Å². The summed E-state index contributed by atoms with van der Waals surface area (Å²) in [5, 5.41) is 4.56. The second-order valence-corrected chi connectivity index (χ2v) is 15.5. The lowest BCUT2D eigenvalue weighted by molar-refractivity contribution is -0.138. The molecule has 2 N–H and O–H groups in total. The first-order chi connectivity index (χ1) is 19.8. The lowest BCUT2D eigenvalue weighted by Gasteiger charge is -2.26. The molecule has 0 bridgehead atoms. The van der Waals surface area contributed by atoms with Crippen LogP contribution in [0.25, 0.3) is 0 Å². The van der Waals surface area contributed by atoms with E-state index in [2.05, 4.69) is 80.2 Å². The predicted octanol–water partition coefficient (Wildman–Crippen LogP) is 7.77. The minimum absolute atomic E-state index is 0.136. The van der Waals surface area contributed by atoms with Crippen molar-refractivity contribution >= 4 is 41.7 Å². The SMILES string of the molecule is CC(C)(C)OC=O.CC(C)C(CCC1CN(C)C(C)(C)C1)Nc1cccc(SNC(=O)c2ccc(C(C)(C)C)nc2Cl)n1. The summed E-state index contributed by atoms with van der Waals surface area (Å²) >= 11 is 7.50. The molecule has 10 heteroatoms. The second-order valence-electron chi connectivity index (χ2n) is 14.3. The highest BCUT2D eigenvalue weighted by Crippen LogP contribution is 2.34. The van der Waals surface area contributed by atoms with E-state index in [1.54, 1.807) is 6.07 Å². The average molecular weight is 634 g/mol. The summed E-state index contributed by atoms with van der Waals surface area (Å²) in [5.74, 6) is 1.76. The van der Waals surface area contributed by atoms with Gasteiger partial charge in [0.25, 0.3) is 12.4 Å². The second kappa shape index (κ2) is 15.6. The number of hydrogen-bond donors (Lipinski definition) is 2. The van der Waals surface area contributed by atoms with Crippen molar-refractivity contribution in [2.45, 2.75) is 116 Å². The summed E-state index contributed by atoms with van der Waals surface area (Å²) in [5.41, 5.74) is 1.04. The van der Waals surface area contributed by atoms with E-state index < -0.39 is 0 Å². The van der Waals surface area contributed by atoms with Gasteiger partial charge in [0.05, 0.1) is 5.56 Å². The smallest absolute Gasteiger partial charge is 0.293 e. The molecule has 0 aromatic carbocycles. The number of anilines is 1. The van der Waals surface area contributed by atoms with E-state index in [4.69, 9.17) is 16.6 Å². The number of carbonyl (C=O) groups excluding carboxylic acids is 2. The van der Waals surface area contributed by atoms with E-state index >= 15 is 0 Å². The van der Waals surface area contributed by atoms with Gasteiger partial charge >= 0.3 is 0 Å². The average Bonchev–Trinajstić information content (AvgIpc) is 3.15. The summed E-state index contributed by atoms with van der Waals surface area (Å²) in [4.78, 5) is 33.9. The van der Waals surface area contributed by atoms with Crippen LogP contribution in [0.3, 0.4) is 0 Å². The Labute approximate surface area is 268 Å². The molecule has 8 nitrogen and oxygen atoms in total. The molecule has 240 valence electrons. The molecule has 0 radical (unpaired) electrons. The lowest BCUT2D eigenvalue weighted by Crippen LogP contribution is -2.34. The topological polar surface area (TPSA) is 96.5 Å². The van der Waals surface area contributed by atoms with Gasteiger partial charge in [0, 0.05) is 41.2 Å². The quantitative estimate of drug-likeness (QED) is 0.156. The Hall–Kier alpha value is -2.36. The zero-order chi connectivity index (χ0) is 32.6. The number of carbonyl (C=O) groups is 2. The first-order valence-corrected chi connectivity index (χ1v) is 16.2. The van der Waals surface area contributed by atoms with E-state index in [1.165, 1.54) is 31.3 Å². The monoisotopic (exact) mass is 633 g/mol. The van der Waals surface area contributed by atoms with Crippen LogP contribution in [0.4, 0.5) is 5.82 Å². The number of nitrogens with one attached hydrogen (secondary N) is 2. The maximum Gasteiger partial charge on any atom is 0.293 e. The lowest BCUT2D eigenvalue weighted by atomic mass is 9.89. The molecule has 2 aromatic rings. The Morgan fingerprint density at radius 1 is 1.16 bits per heavy atom. The van der Waals surface area contributed by atoms with Gasteiger partial charge < -0.3 is 15.0 Å². The van der Waals surface area contributed by atoms with Gasteiger partial charge in [-0.05, 0) is 97.0 Å². The predicted molar refractivity (Wildman–Crippen MR) is 179 cm³/mol. The van der Waals surface area contributed by atoms with Crippen LogP contribution in [-0.2, 0) is 14.9 Å². The standard InChI is InChI=1S/C28H42ClN5OS.C5H10O2/c1-18(2)21(14-12-19-16-28(6,7)34(8)17-19)30-23-10-9-11-24(32-23)36-33-26(35)20-13-15-22(27(3,4)5)31-25(20)29;1-5(2,3)7-4-6/h9-11,13,15,18-19,21H,12,14,16-17H2,1-8H3,(H,30,32)(H,33,35);4H,1-3H3. The van der Waals surface area contributed by atoms with Crippen molar-refractivity contribution < 1.29 is 14.3 Å². The number of rotatable bonds is 10. The Morgan fingerprint density at radius 3 is 2.33 bits per heavy atom. The van der Waals surface area contributed by atoms with Gasteiger partial charge in [-0.3, -0.25) is 14.3 Å². The molecule has 1 aliphatic heterocycles. The van der Waals surface area contributed by atoms with Crippen molar-refractivity contribution in [2.24, 2.45) is 11.8 Å². The maximum atomic E-state index is 12.7. The van der Waals surface area contributed by atoms with E-state index in [1.807, 2.05) is 45.0 Å². The number of amides is 1. The van der Waals surface area contributed by atoms with Crippen molar-refractivity contribution in [3.8, 4) is 0 Å². The Bertz CT molecular complexity index is 1210. The van der Waals surface area contributed by atoms with E-state index in [0.29, 0.717) is 29.0 Å². The molecule has 43 heavy (non-hydrogen) atoms. The van der Waals surface area contributed by atoms with Crippen molar-refractivity contribution in [1.82, 2.24) is 19.6 Å². The molecular formula is C33H52ClN5O3S. The van der Waals surface area contributed by atoms with E-state index in [-0.39, 0.29) is 27.6 Å². The number of hydrogen-bond acceptors (Lipinski definition) is 8. The number of pyridine rings is 2. The Morgan fingerprint density at radius 2 is 1.84 bits per heavy atom. The third kappa shape index (κ3) is 12.3. The summed E-state index contributed by atoms with van der Waals surface area (Å²) in [6.45, 7) is 22.5. The molecule has 2 aromatic heterocycles. The molecule has 0 aliphatic carbocycles. The number of nitrogens with zero attached hydrogens (tertiary/aromatic N) is 3. The third-order valence-corrected chi connectivity index (χ3v) is 8.62. The molecule has 1 fully saturated rings. The van der Waals surface area contributed by atoms with Crippen LogP contribution in [-0.4, -0.2) is 58.0 Å². The van der Waals surface area contributed by atoms with Crippen LogP contribution in [0.2, 0.25) is 5.15 Å². The molecule has 3 heterocycles. The van der Waals surface area contributed by atoms with Crippen molar-refractivity contribution in [2.75, 3.05) is 18.9 Å². The largest absolute Gasteiger partial charge is 0.462 e. The van der Waals surface area contributed by atoms with Gasteiger partial charge in [0.2, 0.25) is 0 Å². The highest BCUT2D eigenvalue weighted by atomic mass is 35.5. The van der Waals surface area contributed by atoms with E-state index in [0.717, 1.165) is 23.9 Å². The molecule has 3 rings (SSSR count). The molecule has 0 spiro atoms. The first kappa shape index (κ1) is 36.8. The van der Waals surface area contributed by atoms with E-state index in [9.17, 15) is 9.59 Å². The number of halogens is 1. The minimum atomic E-state index is -0.318. The summed E-state index contributed by atoms with van der Waals surface area (Å²) in [7, 11) is 2.23. The normalized spacial score (nSPS) is 17.6. The van der Waals surface area contributed by atoms with Gasteiger partial charge in [-0.15, -0.1) is 0 Å². The van der Waals surface area contributed by atoms with Crippen molar-refractivity contribution in [1.29, 1.82) is 0 Å². The zero-order valence-electron chi connectivity index (χ0n) is 27.9. The molecular weight excluding hydrogens is 582 g/mol. The molecule has 1 amide bonds. The van der Waals surface area contributed by atoms with Crippen LogP contribution < -0.4 is 10.0 Å². The highest BCUT2D eigenvalue weighted by molar-refractivity contribution is 7.97. The van der Waals surface area contributed by atoms with Crippen LogP contribution in [0.1, 0.15) is 105 Å². The maximum absolute atomic E-state index is 12.7. The Kier molecular flexibility index (Phi) is 13.3. The van der Waals surface area contributed by atoms with Gasteiger partial charge in [0.1, 0.15) is 21.6 Å². The van der Waals surface area contributed by atoms with Gasteiger partial charge in [-0.25, -0.2) is 9.97 Å². The molecule has 1 saturated heterocycles. The molecule has 1 aliphatic rings. The van der Waals surface area contributed by atoms with Crippen LogP contribution >= 0.6 is 23.5 Å². The number of ether oxygens (including phenoxy) is 1. The Balaban J connectivity index is 0.000000821. The van der Waals surface area contributed by atoms with Crippen LogP contribution in [0.5, 0.6) is 0 Å². The summed E-state index contributed by atoms with van der Waals surface area (Å²) in [6.07, 6.45) is 3.56. The number of aromatic nitrogens is 2. The third-order valence-electron chi connectivity index (χ3n) is 7.61. The molecule has 2 atom stereocenters. The van der Waals surface area contributed by atoms with Gasteiger partial charge in [-0.2, -0.15) is 0 Å². The van der Waals surface area contributed by atoms with Crippen LogP contribution in [0.15, 0.2) is 35.4 Å². The summed E-state index contributed by atoms with van der Waals surface area (Å²) in [6, 6.07) is 9.76. The minimum Gasteiger partial charge on any atom is -0.462 e. The molecule has 2 unspecified atom stereocenters.